The average Bonchev–Trinajstić information content (AvgIpc) is 3.01. The number of nitrogens with zero attached hydrogens (tertiary/aromatic N) is 3. The molecule has 0 spiro atoms. The SMILES string of the molecule is CCCN1C(=S)N[C@H](c2ccccn2)[C@H]1c1cc(C)n(C)c1C. The van der Waals surface area contributed by atoms with Crippen LogP contribution < -0.4 is 5.32 Å². The molecule has 1 saturated heterocycles. The van der Waals surface area contributed by atoms with E-state index in [1.165, 1.54) is 17.0 Å². The Balaban J connectivity index is 2.09. The van der Waals surface area contributed by atoms with Gasteiger partial charge in [0.2, 0.25) is 0 Å². The van der Waals surface area contributed by atoms with E-state index >= 15 is 0 Å². The van der Waals surface area contributed by atoms with Gasteiger partial charge in [-0.05, 0) is 56.2 Å². The first kappa shape index (κ1) is 16.0. The van der Waals surface area contributed by atoms with Crippen LogP contribution in [0.1, 0.15) is 48.1 Å². The second-order valence-corrected chi connectivity index (χ2v) is 6.59. The van der Waals surface area contributed by atoms with E-state index in [1.54, 1.807) is 0 Å². The first-order valence-electron chi connectivity index (χ1n) is 8.15. The Kier molecular flexibility index (Phi) is 4.39. The fraction of sp³-hybridized carbons (Fsp3) is 0.444. The summed E-state index contributed by atoms with van der Waals surface area (Å²) in [7, 11) is 2.12. The maximum atomic E-state index is 5.62. The van der Waals surface area contributed by atoms with E-state index in [0.717, 1.165) is 23.8 Å². The normalized spacial score (nSPS) is 20.9. The lowest BCUT2D eigenvalue weighted by Gasteiger charge is -2.27. The third-order valence-corrected chi connectivity index (χ3v) is 5.15. The lowest BCUT2D eigenvalue weighted by molar-refractivity contribution is 0.316. The van der Waals surface area contributed by atoms with Gasteiger partial charge in [-0.1, -0.05) is 13.0 Å². The van der Waals surface area contributed by atoms with Crippen molar-refractivity contribution in [3.63, 3.8) is 0 Å². The van der Waals surface area contributed by atoms with E-state index in [2.05, 4.69) is 59.7 Å². The zero-order chi connectivity index (χ0) is 16.6. The third-order valence-electron chi connectivity index (χ3n) is 4.80. The molecule has 23 heavy (non-hydrogen) atoms. The molecule has 1 N–H and O–H groups in total. The van der Waals surface area contributed by atoms with Crippen molar-refractivity contribution >= 4 is 17.3 Å². The van der Waals surface area contributed by atoms with Gasteiger partial charge >= 0.3 is 0 Å². The van der Waals surface area contributed by atoms with Crippen molar-refractivity contribution in [1.29, 1.82) is 0 Å². The standard InChI is InChI=1S/C18H24N4S/c1-5-10-22-17(14-11-12(2)21(4)13(14)3)16(20-18(22)23)15-8-6-7-9-19-15/h6-9,11,16-17H,5,10H2,1-4H3,(H,20,23)/t16-,17-/m1/s1. The third kappa shape index (κ3) is 2.74. The van der Waals surface area contributed by atoms with Gasteiger partial charge in [0.05, 0.1) is 17.8 Å². The van der Waals surface area contributed by atoms with Gasteiger partial charge < -0.3 is 14.8 Å². The van der Waals surface area contributed by atoms with Crippen LogP contribution in [0.25, 0.3) is 0 Å². The highest BCUT2D eigenvalue weighted by molar-refractivity contribution is 7.80. The van der Waals surface area contributed by atoms with Crippen molar-refractivity contribution < 1.29 is 0 Å². The highest BCUT2D eigenvalue weighted by Gasteiger charge is 2.40. The van der Waals surface area contributed by atoms with E-state index < -0.39 is 0 Å². The number of hydrogen-bond acceptors (Lipinski definition) is 2. The van der Waals surface area contributed by atoms with Crippen molar-refractivity contribution in [2.45, 2.75) is 39.3 Å². The molecule has 5 heteroatoms. The van der Waals surface area contributed by atoms with E-state index in [0.29, 0.717) is 0 Å². The van der Waals surface area contributed by atoms with Crippen LogP contribution >= 0.6 is 12.2 Å². The van der Waals surface area contributed by atoms with Gasteiger partial charge in [-0.2, -0.15) is 0 Å². The number of thiocarbonyl (C=S) groups is 1. The van der Waals surface area contributed by atoms with E-state index in [-0.39, 0.29) is 12.1 Å². The Hall–Kier alpha value is -1.88. The molecule has 0 saturated carbocycles. The molecule has 0 unspecified atom stereocenters. The zero-order valence-electron chi connectivity index (χ0n) is 14.2. The monoisotopic (exact) mass is 328 g/mol. The Morgan fingerprint density at radius 1 is 1.30 bits per heavy atom. The molecule has 0 aliphatic carbocycles. The van der Waals surface area contributed by atoms with Crippen LogP contribution in [0, 0.1) is 13.8 Å². The summed E-state index contributed by atoms with van der Waals surface area (Å²) in [6.45, 7) is 7.48. The van der Waals surface area contributed by atoms with Gasteiger partial charge in [0.1, 0.15) is 0 Å². The number of pyridine rings is 1. The predicted molar refractivity (Wildman–Crippen MR) is 97.3 cm³/mol. The highest BCUT2D eigenvalue weighted by Crippen LogP contribution is 2.40. The summed E-state index contributed by atoms with van der Waals surface area (Å²) in [5, 5.41) is 4.32. The Labute approximate surface area is 143 Å². The summed E-state index contributed by atoms with van der Waals surface area (Å²) in [6, 6.07) is 8.64. The van der Waals surface area contributed by atoms with E-state index in [1.807, 2.05) is 18.3 Å². The fourth-order valence-corrected chi connectivity index (χ4v) is 3.74. The molecule has 2 aromatic heterocycles. The number of nitrogens with one attached hydrogen (secondary N) is 1. The van der Waals surface area contributed by atoms with Gasteiger partial charge in [-0.15, -0.1) is 0 Å². The molecule has 3 rings (SSSR count). The first-order chi connectivity index (χ1) is 11.0. The Morgan fingerprint density at radius 3 is 2.65 bits per heavy atom. The molecule has 1 fully saturated rings. The van der Waals surface area contributed by atoms with Crippen LogP contribution in [0.2, 0.25) is 0 Å². The molecular formula is C18H24N4S. The molecule has 0 radical (unpaired) electrons. The Bertz CT molecular complexity index is 707. The van der Waals surface area contributed by atoms with Gasteiger partial charge in [-0.25, -0.2) is 0 Å². The van der Waals surface area contributed by atoms with Crippen molar-refractivity contribution in [2.24, 2.45) is 7.05 Å². The van der Waals surface area contributed by atoms with Gasteiger partial charge in [0.15, 0.2) is 5.11 Å². The summed E-state index contributed by atoms with van der Waals surface area (Å²) in [5.41, 5.74) is 4.94. The second-order valence-electron chi connectivity index (χ2n) is 6.21. The van der Waals surface area contributed by atoms with Crippen molar-refractivity contribution in [3.05, 3.63) is 53.1 Å². The second kappa shape index (κ2) is 6.32. The van der Waals surface area contributed by atoms with Crippen LogP contribution in [0.15, 0.2) is 30.5 Å². The van der Waals surface area contributed by atoms with Gasteiger partial charge in [0, 0.05) is 31.2 Å². The molecule has 0 aromatic carbocycles. The minimum atomic E-state index is 0.0933. The topological polar surface area (TPSA) is 33.1 Å². The van der Waals surface area contributed by atoms with Crippen LogP contribution in [-0.2, 0) is 7.05 Å². The lowest BCUT2D eigenvalue weighted by Crippen LogP contribution is -2.30. The Morgan fingerprint density at radius 2 is 2.09 bits per heavy atom. The molecule has 1 aliphatic heterocycles. The number of aryl methyl sites for hydroxylation is 1. The molecule has 0 amide bonds. The first-order valence-corrected chi connectivity index (χ1v) is 8.56. The van der Waals surface area contributed by atoms with E-state index in [9.17, 15) is 0 Å². The lowest BCUT2D eigenvalue weighted by atomic mass is 9.96. The van der Waals surface area contributed by atoms with Crippen LogP contribution in [0.3, 0.4) is 0 Å². The number of rotatable bonds is 4. The number of aromatic nitrogens is 2. The zero-order valence-corrected chi connectivity index (χ0v) is 15.0. The molecule has 1 aliphatic rings. The van der Waals surface area contributed by atoms with Gasteiger partial charge in [0.25, 0.3) is 0 Å². The van der Waals surface area contributed by atoms with Crippen LogP contribution in [0.5, 0.6) is 0 Å². The smallest absolute Gasteiger partial charge is 0.170 e. The average molecular weight is 328 g/mol. The van der Waals surface area contributed by atoms with Crippen LogP contribution in [0.4, 0.5) is 0 Å². The summed E-state index contributed by atoms with van der Waals surface area (Å²) in [5.74, 6) is 0. The molecule has 122 valence electrons. The summed E-state index contributed by atoms with van der Waals surface area (Å²) in [4.78, 5) is 6.88. The summed E-state index contributed by atoms with van der Waals surface area (Å²) >= 11 is 5.62. The van der Waals surface area contributed by atoms with Crippen molar-refractivity contribution in [3.8, 4) is 0 Å². The summed E-state index contributed by atoms with van der Waals surface area (Å²) in [6.07, 6.45) is 2.92. The van der Waals surface area contributed by atoms with E-state index in [4.69, 9.17) is 12.2 Å². The molecule has 3 heterocycles. The molecule has 0 bridgehead atoms. The fourth-order valence-electron chi connectivity index (χ4n) is 3.41. The molecule has 4 nitrogen and oxygen atoms in total. The quantitative estimate of drug-likeness (QED) is 0.872. The molecular weight excluding hydrogens is 304 g/mol. The largest absolute Gasteiger partial charge is 0.352 e. The van der Waals surface area contributed by atoms with Crippen LogP contribution in [-0.4, -0.2) is 26.1 Å². The minimum Gasteiger partial charge on any atom is -0.352 e. The highest BCUT2D eigenvalue weighted by atomic mass is 32.1. The maximum absolute atomic E-state index is 5.62. The predicted octanol–water partition coefficient (Wildman–Crippen LogP) is 3.42. The minimum absolute atomic E-state index is 0.0933. The molecule has 2 aromatic rings. The number of hydrogen-bond donors (Lipinski definition) is 1. The maximum Gasteiger partial charge on any atom is 0.170 e. The van der Waals surface area contributed by atoms with Crippen molar-refractivity contribution in [1.82, 2.24) is 19.8 Å². The molecule has 2 atom stereocenters. The summed E-state index contributed by atoms with van der Waals surface area (Å²) < 4.78 is 2.25. The van der Waals surface area contributed by atoms with Crippen molar-refractivity contribution in [2.75, 3.05) is 6.54 Å². The van der Waals surface area contributed by atoms with Gasteiger partial charge in [-0.3, -0.25) is 4.98 Å².